The molecule has 0 radical (unpaired) electrons. The molecule has 1 atom stereocenters. The van der Waals surface area contributed by atoms with E-state index in [4.69, 9.17) is 4.74 Å². The number of H-pyrrole nitrogens is 1. The van der Waals surface area contributed by atoms with E-state index in [9.17, 15) is 4.79 Å². The molecule has 3 aromatic rings. The predicted octanol–water partition coefficient (Wildman–Crippen LogP) is 3.36. The molecule has 1 unspecified atom stereocenters. The first-order chi connectivity index (χ1) is 13.4. The van der Waals surface area contributed by atoms with Crippen molar-refractivity contribution in [2.75, 3.05) is 7.11 Å². The SMILES string of the molecule is COc1ccc(-n2ncc3c2CC(C)(C)CC3NC(=O)c2cn[nH]c2C)cc1. The highest BCUT2D eigenvalue weighted by Crippen LogP contribution is 2.41. The number of aryl methyl sites for hydroxylation is 1. The second-order valence-electron chi connectivity index (χ2n) is 8.14. The van der Waals surface area contributed by atoms with Crippen LogP contribution in [0.1, 0.15) is 53.6 Å². The van der Waals surface area contributed by atoms with Gasteiger partial charge in [-0.2, -0.15) is 10.2 Å². The maximum absolute atomic E-state index is 12.8. The van der Waals surface area contributed by atoms with Crippen LogP contribution >= 0.6 is 0 Å². The number of carbonyl (C=O) groups excluding carboxylic acids is 1. The minimum Gasteiger partial charge on any atom is -0.497 e. The van der Waals surface area contributed by atoms with Crippen molar-refractivity contribution < 1.29 is 9.53 Å². The van der Waals surface area contributed by atoms with Crippen molar-refractivity contribution in [2.24, 2.45) is 5.41 Å². The summed E-state index contributed by atoms with van der Waals surface area (Å²) < 4.78 is 7.22. The lowest BCUT2D eigenvalue weighted by atomic mass is 9.74. The minimum atomic E-state index is -0.114. The first kappa shape index (κ1) is 18.3. The van der Waals surface area contributed by atoms with Crippen LogP contribution in [0.15, 0.2) is 36.7 Å². The van der Waals surface area contributed by atoms with Gasteiger partial charge in [-0.1, -0.05) is 13.8 Å². The summed E-state index contributed by atoms with van der Waals surface area (Å²) in [4.78, 5) is 12.8. The third-order valence-electron chi connectivity index (χ3n) is 5.38. The molecule has 0 saturated carbocycles. The third kappa shape index (κ3) is 3.28. The number of hydrogen-bond acceptors (Lipinski definition) is 4. The van der Waals surface area contributed by atoms with Crippen LogP contribution in [0.25, 0.3) is 5.69 Å². The summed E-state index contributed by atoms with van der Waals surface area (Å²) in [6.45, 7) is 6.30. The van der Waals surface area contributed by atoms with E-state index in [2.05, 4.69) is 34.5 Å². The van der Waals surface area contributed by atoms with Gasteiger partial charge in [0.05, 0.1) is 42.5 Å². The number of hydrogen-bond donors (Lipinski definition) is 2. The molecule has 4 rings (SSSR count). The van der Waals surface area contributed by atoms with Crippen LogP contribution in [0.5, 0.6) is 5.75 Å². The van der Waals surface area contributed by atoms with Crippen molar-refractivity contribution >= 4 is 5.91 Å². The number of methoxy groups -OCH3 is 1. The summed E-state index contributed by atoms with van der Waals surface area (Å²) >= 11 is 0. The Morgan fingerprint density at radius 3 is 2.68 bits per heavy atom. The van der Waals surface area contributed by atoms with Gasteiger partial charge in [-0.25, -0.2) is 4.68 Å². The highest BCUT2D eigenvalue weighted by atomic mass is 16.5. The Kier molecular flexibility index (Phi) is 4.45. The van der Waals surface area contributed by atoms with E-state index in [0.29, 0.717) is 5.56 Å². The number of rotatable bonds is 4. The van der Waals surface area contributed by atoms with Crippen molar-refractivity contribution in [3.8, 4) is 11.4 Å². The summed E-state index contributed by atoms with van der Waals surface area (Å²) in [5.41, 5.74) is 4.57. The fourth-order valence-electron chi connectivity index (χ4n) is 3.93. The number of aromatic nitrogens is 4. The smallest absolute Gasteiger partial charge is 0.255 e. The van der Waals surface area contributed by atoms with Crippen molar-refractivity contribution in [3.63, 3.8) is 0 Å². The molecule has 0 fully saturated rings. The van der Waals surface area contributed by atoms with E-state index in [0.717, 1.165) is 41.2 Å². The maximum Gasteiger partial charge on any atom is 0.255 e. The van der Waals surface area contributed by atoms with Gasteiger partial charge in [-0.15, -0.1) is 0 Å². The maximum atomic E-state index is 12.8. The number of nitrogens with one attached hydrogen (secondary N) is 2. The van der Waals surface area contributed by atoms with Crippen molar-refractivity contribution in [2.45, 2.75) is 39.7 Å². The van der Waals surface area contributed by atoms with E-state index < -0.39 is 0 Å². The number of fused-ring (bicyclic) bond motifs is 1. The molecular weight excluding hydrogens is 354 g/mol. The standard InChI is InChI=1S/C21H25N5O2/c1-13-16(11-22-25-13)20(27)24-18-9-21(2,3)10-19-17(18)12-23-26(19)14-5-7-15(28-4)8-6-14/h5-8,11-12,18H,9-10H2,1-4H3,(H,22,25)(H,24,27). The number of ether oxygens (including phenoxy) is 1. The van der Waals surface area contributed by atoms with Crippen LogP contribution in [-0.2, 0) is 6.42 Å². The highest BCUT2D eigenvalue weighted by Gasteiger charge is 2.36. The Bertz CT molecular complexity index is 1000. The molecule has 2 heterocycles. The van der Waals surface area contributed by atoms with Gasteiger partial charge in [-0.3, -0.25) is 9.89 Å². The Balaban J connectivity index is 1.67. The molecule has 2 N–H and O–H groups in total. The van der Waals surface area contributed by atoms with Gasteiger partial charge < -0.3 is 10.1 Å². The number of amides is 1. The van der Waals surface area contributed by atoms with E-state index >= 15 is 0 Å². The fourth-order valence-corrected chi connectivity index (χ4v) is 3.93. The average molecular weight is 379 g/mol. The second kappa shape index (κ2) is 6.82. The largest absolute Gasteiger partial charge is 0.497 e. The molecule has 0 saturated heterocycles. The molecule has 0 bridgehead atoms. The summed E-state index contributed by atoms with van der Waals surface area (Å²) in [7, 11) is 1.66. The van der Waals surface area contributed by atoms with E-state index in [-0.39, 0.29) is 17.4 Å². The molecule has 1 aliphatic rings. The lowest BCUT2D eigenvalue weighted by molar-refractivity contribution is 0.0918. The van der Waals surface area contributed by atoms with Crippen LogP contribution in [0.3, 0.4) is 0 Å². The Morgan fingerprint density at radius 1 is 1.29 bits per heavy atom. The average Bonchev–Trinajstić information content (AvgIpc) is 3.27. The predicted molar refractivity (Wildman–Crippen MR) is 106 cm³/mol. The van der Waals surface area contributed by atoms with Gasteiger partial charge in [0.2, 0.25) is 0 Å². The van der Waals surface area contributed by atoms with Gasteiger partial charge in [-0.05, 0) is 49.4 Å². The Morgan fingerprint density at radius 2 is 2.04 bits per heavy atom. The first-order valence-corrected chi connectivity index (χ1v) is 9.40. The highest BCUT2D eigenvalue weighted by molar-refractivity contribution is 5.95. The molecule has 2 aromatic heterocycles. The molecule has 7 heteroatoms. The van der Waals surface area contributed by atoms with Crippen LogP contribution in [0.2, 0.25) is 0 Å². The third-order valence-corrected chi connectivity index (χ3v) is 5.38. The number of benzene rings is 1. The zero-order chi connectivity index (χ0) is 19.9. The molecule has 0 aliphatic heterocycles. The summed E-state index contributed by atoms with van der Waals surface area (Å²) in [5.74, 6) is 0.697. The van der Waals surface area contributed by atoms with Gasteiger partial charge in [0.1, 0.15) is 5.75 Å². The molecule has 1 aliphatic carbocycles. The lowest BCUT2D eigenvalue weighted by Crippen LogP contribution is -2.36. The van der Waals surface area contributed by atoms with Gasteiger partial charge in [0.25, 0.3) is 5.91 Å². The van der Waals surface area contributed by atoms with Crippen molar-refractivity contribution in [3.05, 3.63) is 59.2 Å². The van der Waals surface area contributed by atoms with E-state index in [1.807, 2.05) is 42.1 Å². The van der Waals surface area contributed by atoms with Crippen LogP contribution in [0.4, 0.5) is 0 Å². The van der Waals surface area contributed by atoms with Crippen molar-refractivity contribution in [1.82, 2.24) is 25.3 Å². The number of carbonyl (C=O) groups is 1. The van der Waals surface area contributed by atoms with Gasteiger partial charge in [0, 0.05) is 11.3 Å². The minimum absolute atomic E-state index is 0.0423. The monoisotopic (exact) mass is 379 g/mol. The quantitative estimate of drug-likeness (QED) is 0.728. The van der Waals surface area contributed by atoms with Crippen LogP contribution < -0.4 is 10.1 Å². The molecule has 7 nitrogen and oxygen atoms in total. The number of aromatic amines is 1. The molecule has 1 aromatic carbocycles. The van der Waals surface area contributed by atoms with E-state index in [1.54, 1.807) is 13.3 Å². The van der Waals surface area contributed by atoms with Gasteiger partial charge >= 0.3 is 0 Å². The summed E-state index contributed by atoms with van der Waals surface area (Å²) in [6, 6.07) is 7.76. The van der Waals surface area contributed by atoms with Crippen molar-refractivity contribution in [1.29, 1.82) is 0 Å². The Labute approximate surface area is 164 Å². The molecule has 28 heavy (non-hydrogen) atoms. The zero-order valence-electron chi connectivity index (χ0n) is 16.6. The summed E-state index contributed by atoms with van der Waals surface area (Å²) in [6.07, 6.45) is 5.20. The second-order valence-corrected chi connectivity index (χ2v) is 8.14. The normalized spacial score (nSPS) is 17.8. The molecule has 1 amide bonds. The molecular formula is C21H25N5O2. The number of nitrogens with zero attached hydrogens (tertiary/aromatic N) is 3. The Hall–Kier alpha value is -3.09. The fraction of sp³-hybridized carbons (Fsp3) is 0.381. The van der Waals surface area contributed by atoms with Crippen LogP contribution in [-0.4, -0.2) is 33.0 Å². The van der Waals surface area contributed by atoms with Crippen LogP contribution in [0, 0.1) is 12.3 Å². The lowest BCUT2D eigenvalue weighted by Gasteiger charge is -2.36. The first-order valence-electron chi connectivity index (χ1n) is 9.40. The summed E-state index contributed by atoms with van der Waals surface area (Å²) in [5, 5.41) is 14.6. The molecule has 146 valence electrons. The zero-order valence-corrected chi connectivity index (χ0v) is 16.6. The van der Waals surface area contributed by atoms with Gasteiger partial charge in [0.15, 0.2) is 0 Å². The molecule has 0 spiro atoms. The van der Waals surface area contributed by atoms with E-state index in [1.165, 1.54) is 0 Å². The topological polar surface area (TPSA) is 84.8 Å².